The van der Waals surface area contributed by atoms with Crippen molar-refractivity contribution in [2.24, 2.45) is 5.92 Å². The van der Waals surface area contributed by atoms with Crippen LogP contribution in [-0.4, -0.2) is 48.3 Å². The van der Waals surface area contributed by atoms with Gasteiger partial charge in [0, 0.05) is 30.8 Å². The molecule has 2 N–H and O–H groups in total. The van der Waals surface area contributed by atoms with Crippen LogP contribution in [0.2, 0.25) is 0 Å². The van der Waals surface area contributed by atoms with Gasteiger partial charge >= 0.3 is 0 Å². The minimum Gasteiger partial charge on any atom is -0.396 e. The van der Waals surface area contributed by atoms with Gasteiger partial charge < -0.3 is 10.1 Å². The minimum absolute atomic E-state index is 0.0368. The van der Waals surface area contributed by atoms with Crippen LogP contribution in [0, 0.1) is 18.7 Å². The number of pyridine rings is 1. The third kappa shape index (κ3) is 5.80. The van der Waals surface area contributed by atoms with Gasteiger partial charge in [-0.05, 0) is 71.0 Å². The predicted octanol–water partition coefficient (Wildman–Crippen LogP) is 3.59. The number of aromatic amines is 1. The summed E-state index contributed by atoms with van der Waals surface area (Å²) in [6, 6.07) is 13.9. The van der Waals surface area contributed by atoms with Gasteiger partial charge in [-0.1, -0.05) is 37.6 Å². The molecule has 0 aliphatic rings. The largest absolute Gasteiger partial charge is 0.396 e. The number of tetrazole rings is 1. The average molecular weight is 479 g/mol. The van der Waals surface area contributed by atoms with E-state index < -0.39 is 0 Å². The molecular formula is C26H31FN6O2. The summed E-state index contributed by atoms with van der Waals surface area (Å²) in [5.74, 6) is 0.487. The number of aliphatic hydroxyl groups is 1. The van der Waals surface area contributed by atoms with E-state index in [0.29, 0.717) is 37.4 Å². The summed E-state index contributed by atoms with van der Waals surface area (Å²) >= 11 is 0. The number of aryl methyl sites for hydroxylation is 1. The van der Waals surface area contributed by atoms with Gasteiger partial charge in [-0.15, -0.1) is 5.10 Å². The van der Waals surface area contributed by atoms with Gasteiger partial charge in [0.2, 0.25) is 0 Å². The van der Waals surface area contributed by atoms with Crippen molar-refractivity contribution in [3.8, 4) is 0 Å². The van der Waals surface area contributed by atoms with Crippen LogP contribution in [0.5, 0.6) is 0 Å². The minimum atomic E-state index is -0.295. The van der Waals surface area contributed by atoms with E-state index in [-0.39, 0.29) is 29.9 Å². The van der Waals surface area contributed by atoms with E-state index in [1.807, 2.05) is 25.1 Å². The van der Waals surface area contributed by atoms with E-state index in [0.717, 1.165) is 22.0 Å². The molecule has 1 atom stereocenters. The van der Waals surface area contributed by atoms with Gasteiger partial charge in [-0.25, -0.2) is 9.07 Å². The normalized spacial score (nSPS) is 12.7. The second kappa shape index (κ2) is 10.9. The quantitative estimate of drug-likeness (QED) is 0.361. The molecule has 35 heavy (non-hydrogen) atoms. The summed E-state index contributed by atoms with van der Waals surface area (Å²) in [5.41, 5.74) is 3.31. The smallest absolute Gasteiger partial charge is 0.252 e. The zero-order chi connectivity index (χ0) is 24.9. The lowest BCUT2D eigenvalue weighted by molar-refractivity contribution is 0.122. The molecule has 9 heteroatoms. The highest BCUT2D eigenvalue weighted by Crippen LogP contribution is 2.29. The number of fused-ring (bicyclic) bond motifs is 1. The topological polar surface area (TPSA) is 99.9 Å². The first-order valence-corrected chi connectivity index (χ1v) is 11.8. The number of halogens is 1. The molecule has 2 aromatic carbocycles. The molecule has 0 spiro atoms. The Morgan fingerprint density at radius 1 is 1.14 bits per heavy atom. The average Bonchev–Trinajstić information content (AvgIpc) is 3.26. The highest BCUT2D eigenvalue weighted by atomic mass is 19.1. The number of aliphatic hydroxyl groups excluding tert-OH is 1. The first-order valence-electron chi connectivity index (χ1n) is 11.8. The molecule has 0 bridgehead atoms. The van der Waals surface area contributed by atoms with Gasteiger partial charge in [-0.2, -0.15) is 0 Å². The maximum atomic E-state index is 13.4. The Bertz CT molecular complexity index is 1330. The summed E-state index contributed by atoms with van der Waals surface area (Å²) < 4.78 is 15.1. The van der Waals surface area contributed by atoms with Crippen molar-refractivity contribution in [2.75, 3.05) is 13.2 Å². The van der Waals surface area contributed by atoms with Crippen molar-refractivity contribution in [1.82, 2.24) is 30.1 Å². The number of rotatable bonds is 10. The van der Waals surface area contributed by atoms with Crippen molar-refractivity contribution in [2.45, 2.75) is 46.3 Å². The first-order chi connectivity index (χ1) is 16.9. The molecule has 4 rings (SSSR count). The third-order valence-corrected chi connectivity index (χ3v) is 6.15. The fourth-order valence-corrected chi connectivity index (χ4v) is 4.48. The second-order valence-electron chi connectivity index (χ2n) is 9.27. The Morgan fingerprint density at radius 2 is 1.91 bits per heavy atom. The van der Waals surface area contributed by atoms with Crippen LogP contribution in [0.1, 0.15) is 48.8 Å². The van der Waals surface area contributed by atoms with Gasteiger partial charge in [-0.3, -0.25) is 9.69 Å². The second-order valence-corrected chi connectivity index (χ2v) is 9.27. The number of aromatic nitrogens is 5. The lowest BCUT2D eigenvalue weighted by atomic mass is 10.00. The van der Waals surface area contributed by atoms with Crippen LogP contribution in [0.3, 0.4) is 0 Å². The Balaban J connectivity index is 1.69. The molecular weight excluding hydrogens is 447 g/mol. The zero-order valence-corrected chi connectivity index (χ0v) is 20.3. The lowest BCUT2D eigenvalue weighted by Gasteiger charge is -2.33. The summed E-state index contributed by atoms with van der Waals surface area (Å²) in [6.45, 7) is 7.57. The van der Waals surface area contributed by atoms with Crippen LogP contribution in [-0.2, 0) is 13.1 Å². The fraction of sp³-hybridized carbons (Fsp3) is 0.385. The molecule has 1 unspecified atom stereocenters. The van der Waals surface area contributed by atoms with E-state index in [1.165, 1.54) is 12.1 Å². The molecule has 0 fully saturated rings. The van der Waals surface area contributed by atoms with Gasteiger partial charge in [0.25, 0.3) is 5.56 Å². The highest BCUT2D eigenvalue weighted by Gasteiger charge is 2.29. The molecule has 0 saturated heterocycles. The van der Waals surface area contributed by atoms with Crippen LogP contribution < -0.4 is 5.56 Å². The van der Waals surface area contributed by atoms with Crippen molar-refractivity contribution < 1.29 is 9.50 Å². The van der Waals surface area contributed by atoms with Gasteiger partial charge in [0.05, 0.1) is 12.6 Å². The molecule has 0 radical (unpaired) electrons. The Labute approximate surface area is 203 Å². The SMILES string of the molecule is Cc1ccc2[nH]c(=O)c(CN(CCCO)C(c3nnnn3Cc3ccc(F)cc3)C(C)C)cc2c1. The molecule has 0 saturated carbocycles. The van der Waals surface area contributed by atoms with Crippen molar-refractivity contribution >= 4 is 10.9 Å². The van der Waals surface area contributed by atoms with Crippen molar-refractivity contribution in [3.05, 3.63) is 87.2 Å². The maximum absolute atomic E-state index is 13.4. The van der Waals surface area contributed by atoms with E-state index in [1.54, 1.807) is 16.8 Å². The number of benzene rings is 2. The third-order valence-electron chi connectivity index (χ3n) is 6.15. The van der Waals surface area contributed by atoms with E-state index in [9.17, 15) is 14.3 Å². The van der Waals surface area contributed by atoms with Crippen LogP contribution in [0.15, 0.2) is 53.3 Å². The molecule has 0 amide bonds. The first kappa shape index (κ1) is 24.7. The number of nitrogens with one attached hydrogen (secondary N) is 1. The summed E-state index contributed by atoms with van der Waals surface area (Å²) in [7, 11) is 0. The van der Waals surface area contributed by atoms with Crippen molar-refractivity contribution in [3.63, 3.8) is 0 Å². The fourth-order valence-electron chi connectivity index (χ4n) is 4.48. The lowest BCUT2D eigenvalue weighted by Crippen LogP contribution is -2.36. The van der Waals surface area contributed by atoms with Crippen LogP contribution >= 0.6 is 0 Å². The Hall–Kier alpha value is -3.43. The molecule has 8 nitrogen and oxygen atoms in total. The number of H-pyrrole nitrogens is 1. The summed E-state index contributed by atoms with van der Waals surface area (Å²) in [4.78, 5) is 18.1. The monoisotopic (exact) mass is 478 g/mol. The molecule has 2 heterocycles. The van der Waals surface area contributed by atoms with Gasteiger partial charge in [0.1, 0.15) is 5.82 Å². The summed E-state index contributed by atoms with van der Waals surface area (Å²) in [6.07, 6.45) is 0.549. The highest BCUT2D eigenvalue weighted by molar-refractivity contribution is 5.79. The predicted molar refractivity (Wildman–Crippen MR) is 132 cm³/mol. The van der Waals surface area contributed by atoms with Crippen molar-refractivity contribution in [1.29, 1.82) is 0 Å². The number of hydrogen-bond donors (Lipinski definition) is 2. The maximum Gasteiger partial charge on any atom is 0.252 e. The van der Waals surface area contributed by atoms with E-state index in [2.05, 4.69) is 45.3 Å². The standard InChI is InChI=1S/C26H31FN6O2/c1-17(2)24(25-29-30-31-33(25)15-19-6-8-22(27)9-7-19)32(11-4-12-34)16-21-14-20-13-18(3)5-10-23(20)28-26(21)35/h5-10,13-14,17,24,34H,4,11-12,15-16H2,1-3H3,(H,28,35). The Kier molecular flexibility index (Phi) is 7.67. The molecule has 0 aliphatic heterocycles. The molecule has 0 aliphatic carbocycles. The van der Waals surface area contributed by atoms with E-state index in [4.69, 9.17) is 0 Å². The molecule has 184 valence electrons. The number of hydrogen-bond acceptors (Lipinski definition) is 6. The molecule has 4 aromatic rings. The van der Waals surface area contributed by atoms with Gasteiger partial charge in [0.15, 0.2) is 5.82 Å². The van der Waals surface area contributed by atoms with Crippen LogP contribution in [0.25, 0.3) is 10.9 Å². The molecule has 2 aromatic heterocycles. The zero-order valence-electron chi connectivity index (χ0n) is 20.3. The Morgan fingerprint density at radius 3 is 2.63 bits per heavy atom. The van der Waals surface area contributed by atoms with Crippen LogP contribution in [0.4, 0.5) is 4.39 Å². The van der Waals surface area contributed by atoms with E-state index >= 15 is 0 Å². The number of nitrogens with zero attached hydrogens (tertiary/aromatic N) is 5. The summed E-state index contributed by atoms with van der Waals surface area (Å²) in [5, 5.41) is 23.0.